The first-order valence-corrected chi connectivity index (χ1v) is 8.57. The first-order chi connectivity index (χ1) is 12.3. The van der Waals surface area contributed by atoms with Gasteiger partial charge in [0, 0.05) is 17.4 Å². The van der Waals surface area contributed by atoms with E-state index in [4.69, 9.17) is 0 Å². The summed E-state index contributed by atoms with van der Waals surface area (Å²) in [6.45, 7) is 8.40. The summed E-state index contributed by atoms with van der Waals surface area (Å²) in [5.41, 5.74) is 3.32. The lowest BCUT2D eigenvalue weighted by Gasteiger charge is -2.23. The van der Waals surface area contributed by atoms with Crippen LogP contribution in [0.5, 0.6) is 0 Å². The van der Waals surface area contributed by atoms with Crippen molar-refractivity contribution in [2.24, 2.45) is 0 Å². The van der Waals surface area contributed by atoms with Crippen molar-refractivity contribution >= 4 is 23.1 Å². The maximum absolute atomic E-state index is 13.9. The molecule has 0 spiro atoms. The summed E-state index contributed by atoms with van der Waals surface area (Å²) in [5.74, 6) is 0.670. The predicted molar refractivity (Wildman–Crippen MR) is 105 cm³/mol. The van der Waals surface area contributed by atoms with Crippen LogP contribution < -0.4 is 10.6 Å². The van der Waals surface area contributed by atoms with Crippen molar-refractivity contribution in [2.45, 2.75) is 33.1 Å². The molecule has 0 atom stereocenters. The van der Waals surface area contributed by atoms with Crippen molar-refractivity contribution in [2.75, 3.05) is 10.6 Å². The molecule has 0 saturated heterocycles. The molecule has 0 saturated carbocycles. The van der Waals surface area contributed by atoms with Crippen molar-refractivity contribution in [1.82, 2.24) is 9.97 Å². The van der Waals surface area contributed by atoms with Crippen LogP contribution in [-0.2, 0) is 5.41 Å². The van der Waals surface area contributed by atoms with Crippen LogP contribution in [-0.4, -0.2) is 9.97 Å². The van der Waals surface area contributed by atoms with Crippen LogP contribution in [0.4, 0.5) is 27.5 Å². The molecule has 134 valence electrons. The highest BCUT2D eigenvalue weighted by Gasteiger charge is 2.18. The van der Waals surface area contributed by atoms with E-state index in [9.17, 15) is 4.39 Å². The second-order valence-corrected chi connectivity index (χ2v) is 7.24. The van der Waals surface area contributed by atoms with Crippen LogP contribution in [0, 0.1) is 12.7 Å². The lowest BCUT2D eigenvalue weighted by molar-refractivity contribution is 0.592. The quantitative estimate of drug-likeness (QED) is 0.633. The van der Waals surface area contributed by atoms with Crippen molar-refractivity contribution in [3.63, 3.8) is 0 Å². The highest BCUT2D eigenvalue weighted by atomic mass is 19.1. The van der Waals surface area contributed by atoms with Gasteiger partial charge < -0.3 is 10.6 Å². The third-order valence-corrected chi connectivity index (χ3v) is 3.97. The number of aryl methyl sites for hydroxylation is 1. The molecule has 0 aliphatic rings. The molecule has 2 N–H and O–H groups in total. The van der Waals surface area contributed by atoms with E-state index < -0.39 is 0 Å². The Kier molecular flexibility index (Phi) is 4.89. The zero-order valence-electron chi connectivity index (χ0n) is 15.5. The summed E-state index contributed by atoms with van der Waals surface area (Å²) < 4.78 is 13.9. The second-order valence-electron chi connectivity index (χ2n) is 7.24. The second kappa shape index (κ2) is 7.12. The number of nitrogens with zero attached hydrogens (tertiary/aromatic N) is 2. The van der Waals surface area contributed by atoms with Gasteiger partial charge in [0.05, 0.1) is 5.69 Å². The molecule has 4 nitrogen and oxygen atoms in total. The number of nitrogens with one attached hydrogen (secondary N) is 2. The lowest BCUT2D eigenvalue weighted by Crippen LogP contribution is -2.14. The highest BCUT2D eigenvalue weighted by Crippen LogP contribution is 2.31. The minimum atomic E-state index is -0.342. The molecule has 3 aromatic rings. The van der Waals surface area contributed by atoms with Gasteiger partial charge >= 0.3 is 0 Å². The molecule has 5 heteroatoms. The first kappa shape index (κ1) is 17.9. The monoisotopic (exact) mass is 350 g/mol. The van der Waals surface area contributed by atoms with Crippen LogP contribution in [0.25, 0.3) is 0 Å². The SMILES string of the molecule is Cc1cc(Nc2ccccc2C(C)(C)C)nc(Nc2ccccc2F)n1. The zero-order chi connectivity index (χ0) is 18.7. The van der Waals surface area contributed by atoms with E-state index in [1.54, 1.807) is 18.2 Å². The van der Waals surface area contributed by atoms with Gasteiger partial charge in [0.15, 0.2) is 0 Å². The number of benzene rings is 2. The number of hydrogen-bond acceptors (Lipinski definition) is 4. The minimum absolute atomic E-state index is 0.0000838. The number of anilines is 4. The van der Waals surface area contributed by atoms with Crippen LogP contribution >= 0.6 is 0 Å². The normalized spacial score (nSPS) is 11.3. The molecular formula is C21H23FN4. The van der Waals surface area contributed by atoms with Crippen molar-refractivity contribution < 1.29 is 4.39 Å². The fourth-order valence-corrected chi connectivity index (χ4v) is 2.76. The molecule has 1 heterocycles. The number of hydrogen-bond donors (Lipinski definition) is 2. The van der Waals surface area contributed by atoms with Gasteiger partial charge in [-0.2, -0.15) is 4.98 Å². The Balaban J connectivity index is 1.91. The summed E-state index contributed by atoms with van der Waals surface area (Å²) in [4.78, 5) is 8.84. The Bertz CT molecular complexity index is 916. The van der Waals surface area contributed by atoms with E-state index in [0.29, 0.717) is 17.5 Å². The smallest absolute Gasteiger partial charge is 0.229 e. The van der Waals surface area contributed by atoms with Crippen LogP contribution in [0.15, 0.2) is 54.6 Å². The molecule has 0 aliphatic heterocycles. The average molecular weight is 350 g/mol. The first-order valence-electron chi connectivity index (χ1n) is 8.57. The standard InChI is InChI=1S/C21H23FN4/c1-14-13-19(24-17-11-7-5-9-15(17)21(2,3)4)26-20(23-14)25-18-12-8-6-10-16(18)22/h5-13H,1-4H3,(H2,23,24,25,26). The third kappa shape index (κ3) is 4.17. The molecule has 0 unspecified atom stereocenters. The molecule has 0 aliphatic carbocycles. The van der Waals surface area contributed by atoms with Gasteiger partial charge in [0.1, 0.15) is 11.6 Å². The van der Waals surface area contributed by atoms with Crippen molar-refractivity contribution in [3.8, 4) is 0 Å². The largest absolute Gasteiger partial charge is 0.340 e. The summed E-state index contributed by atoms with van der Waals surface area (Å²) >= 11 is 0. The maximum atomic E-state index is 13.9. The van der Waals surface area contributed by atoms with Gasteiger partial charge in [-0.3, -0.25) is 0 Å². The van der Waals surface area contributed by atoms with Crippen LogP contribution in [0.1, 0.15) is 32.0 Å². The molecule has 1 aromatic heterocycles. The van der Waals surface area contributed by atoms with Crippen molar-refractivity contribution in [1.29, 1.82) is 0 Å². The number of aromatic nitrogens is 2. The summed E-state index contributed by atoms with van der Waals surface area (Å²) in [6.07, 6.45) is 0. The molecule has 3 rings (SSSR count). The fourth-order valence-electron chi connectivity index (χ4n) is 2.76. The van der Waals surface area contributed by atoms with E-state index in [1.807, 2.05) is 31.2 Å². The minimum Gasteiger partial charge on any atom is -0.340 e. The Morgan fingerprint density at radius 3 is 2.19 bits per heavy atom. The Labute approximate surface area is 153 Å². The summed E-state index contributed by atoms with van der Waals surface area (Å²) in [7, 11) is 0. The molecule has 26 heavy (non-hydrogen) atoms. The van der Waals surface area contributed by atoms with E-state index in [1.165, 1.54) is 11.6 Å². The Morgan fingerprint density at radius 2 is 1.50 bits per heavy atom. The highest BCUT2D eigenvalue weighted by molar-refractivity contribution is 5.64. The molecular weight excluding hydrogens is 327 g/mol. The maximum Gasteiger partial charge on any atom is 0.229 e. The topological polar surface area (TPSA) is 49.8 Å². The molecule has 2 aromatic carbocycles. The van der Waals surface area contributed by atoms with Crippen molar-refractivity contribution in [3.05, 3.63) is 71.7 Å². The van der Waals surface area contributed by atoms with Gasteiger partial charge in [-0.15, -0.1) is 0 Å². The van der Waals surface area contributed by atoms with Gasteiger partial charge in [-0.1, -0.05) is 51.1 Å². The van der Waals surface area contributed by atoms with Gasteiger partial charge in [0.25, 0.3) is 0 Å². The van der Waals surface area contributed by atoms with Gasteiger partial charge in [0.2, 0.25) is 5.95 Å². The number of rotatable bonds is 4. The zero-order valence-corrected chi connectivity index (χ0v) is 15.5. The summed E-state index contributed by atoms with van der Waals surface area (Å²) in [6, 6.07) is 16.5. The Morgan fingerprint density at radius 1 is 0.846 bits per heavy atom. The average Bonchev–Trinajstić information content (AvgIpc) is 2.56. The molecule has 0 fully saturated rings. The van der Waals surface area contributed by atoms with Gasteiger partial charge in [-0.25, -0.2) is 9.37 Å². The Hall–Kier alpha value is -2.95. The van der Waals surface area contributed by atoms with Gasteiger partial charge in [-0.05, 0) is 36.1 Å². The molecule has 0 amide bonds. The van der Waals surface area contributed by atoms with E-state index in [0.717, 1.165) is 11.4 Å². The van der Waals surface area contributed by atoms with E-state index >= 15 is 0 Å². The lowest BCUT2D eigenvalue weighted by atomic mass is 9.86. The summed E-state index contributed by atoms with van der Waals surface area (Å²) in [5, 5.41) is 6.32. The fraction of sp³-hybridized carbons (Fsp3) is 0.238. The molecule has 0 bridgehead atoms. The predicted octanol–water partition coefficient (Wildman–Crippen LogP) is 5.71. The van der Waals surface area contributed by atoms with E-state index in [2.05, 4.69) is 47.4 Å². The van der Waals surface area contributed by atoms with E-state index in [-0.39, 0.29) is 11.2 Å². The van der Waals surface area contributed by atoms with Crippen LogP contribution in [0.2, 0.25) is 0 Å². The number of para-hydroxylation sites is 2. The van der Waals surface area contributed by atoms with Crippen LogP contribution in [0.3, 0.4) is 0 Å². The number of halogens is 1. The third-order valence-electron chi connectivity index (χ3n) is 3.97. The molecule has 0 radical (unpaired) electrons.